The van der Waals surface area contributed by atoms with Crippen LogP contribution in [0.25, 0.3) is 11.4 Å². The second-order valence-corrected chi connectivity index (χ2v) is 4.70. The standard InChI is InChI=1S/C15H21N5O/c1-4-10-8-7-9-11(5-2)12(10)13-17-14(19-16)18-15(21)20(13)6-3/h7-9H,4-6,16H2,1-3H3,(H,18,19,21). The highest BCUT2D eigenvalue weighted by Crippen LogP contribution is 2.27. The van der Waals surface area contributed by atoms with Gasteiger partial charge in [0.15, 0.2) is 0 Å². The van der Waals surface area contributed by atoms with Crippen molar-refractivity contribution in [1.82, 2.24) is 14.5 Å². The third-order valence-electron chi connectivity index (χ3n) is 3.57. The molecule has 6 nitrogen and oxygen atoms in total. The second-order valence-electron chi connectivity index (χ2n) is 4.70. The molecule has 1 aromatic carbocycles. The van der Waals surface area contributed by atoms with E-state index in [1.807, 2.05) is 13.0 Å². The van der Waals surface area contributed by atoms with E-state index >= 15 is 0 Å². The van der Waals surface area contributed by atoms with Crippen molar-refractivity contribution in [2.45, 2.75) is 40.2 Å². The molecule has 6 heteroatoms. The lowest BCUT2D eigenvalue weighted by atomic mass is 9.97. The summed E-state index contributed by atoms with van der Waals surface area (Å²) in [7, 11) is 0. The molecule has 112 valence electrons. The van der Waals surface area contributed by atoms with Crippen LogP contribution in [0.4, 0.5) is 5.95 Å². The lowest BCUT2D eigenvalue weighted by Crippen LogP contribution is -2.28. The van der Waals surface area contributed by atoms with Gasteiger partial charge in [0.2, 0.25) is 5.95 Å². The maximum absolute atomic E-state index is 12.1. The van der Waals surface area contributed by atoms with Gasteiger partial charge in [-0.15, -0.1) is 0 Å². The van der Waals surface area contributed by atoms with Gasteiger partial charge in [0.05, 0.1) is 0 Å². The zero-order valence-corrected chi connectivity index (χ0v) is 12.7. The molecule has 1 heterocycles. The first kappa shape index (κ1) is 15.2. The lowest BCUT2D eigenvalue weighted by molar-refractivity contribution is 0.685. The van der Waals surface area contributed by atoms with Gasteiger partial charge in [-0.05, 0) is 30.9 Å². The highest BCUT2D eigenvalue weighted by Gasteiger charge is 2.16. The molecule has 0 unspecified atom stereocenters. The molecule has 0 saturated heterocycles. The maximum atomic E-state index is 12.1. The molecule has 3 N–H and O–H groups in total. The summed E-state index contributed by atoms with van der Waals surface area (Å²) in [6.45, 7) is 6.61. The van der Waals surface area contributed by atoms with Crippen LogP contribution in [-0.2, 0) is 19.4 Å². The van der Waals surface area contributed by atoms with Crippen LogP contribution in [-0.4, -0.2) is 14.5 Å². The van der Waals surface area contributed by atoms with Crippen LogP contribution >= 0.6 is 0 Å². The summed E-state index contributed by atoms with van der Waals surface area (Å²) in [6.07, 6.45) is 1.74. The minimum Gasteiger partial charge on any atom is -0.292 e. The first-order chi connectivity index (χ1) is 10.2. The number of aromatic nitrogens is 3. The molecular weight excluding hydrogens is 266 g/mol. The van der Waals surface area contributed by atoms with E-state index in [-0.39, 0.29) is 11.6 Å². The van der Waals surface area contributed by atoms with Gasteiger partial charge in [0.25, 0.3) is 0 Å². The predicted molar refractivity (Wildman–Crippen MR) is 84.0 cm³/mol. The average Bonchev–Trinajstić information content (AvgIpc) is 2.52. The number of benzene rings is 1. The molecule has 1 aromatic heterocycles. The highest BCUT2D eigenvalue weighted by molar-refractivity contribution is 5.66. The summed E-state index contributed by atoms with van der Waals surface area (Å²) >= 11 is 0. The zero-order chi connectivity index (χ0) is 15.4. The summed E-state index contributed by atoms with van der Waals surface area (Å²) in [5.41, 5.74) is 5.37. The Bertz CT molecular complexity index is 671. The number of aryl methyl sites for hydroxylation is 2. The molecule has 0 atom stereocenters. The van der Waals surface area contributed by atoms with Gasteiger partial charge in [0.1, 0.15) is 5.82 Å². The largest absolute Gasteiger partial charge is 0.352 e. The number of anilines is 1. The third kappa shape index (κ3) is 2.80. The average molecular weight is 287 g/mol. The van der Waals surface area contributed by atoms with Crippen LogP contribution in [0.5, 0.6) is 0 Å². The Labute approximate surface area is 124 Å². The van der Waals surface area contributed by atoms with Crippen LogP contribution in [0.15, 0.2) is 23.0 Å². The van der Waals surface area contributed by atoms with Gasteiger partial charge in [-0.25, -0.2) is 10.6 Å². The molecule has 0 spiro atoms. The van der Waals surface area contributed by atoms with Crippen molar-refractivity contribution in [3.63, 3.8) is 0 Å². The third-order valence-corrected chi connectivity index (χ3v) is 3.57. The van der Waals surface area contributed by atoms with Gasteiger partial charge in [0, 0.05) is 12.1 Å². The van der Waals surface area contributed by atoms with E-state index < -0.39 is 0 Å². The second kappa shape index (κ2) is 6.49. The molecule has 0 aliphatic carbocycles. The zero-order valence-electron chi connectivity index (χ0n) is 12.7. The quantitative estimate of drug-likeness (QED) is 0.646. The van der Waals surface area contributed by atoms with Gasteiger partial charge in [-0.1, -0.05) is 32.0 Å². The smallest absolute Gasteiger partial charge is 0.292 e. The maximum Gasteiger partial charge on any atom is 0.352 e. The number of hydrazine groups is 1. The lowest BCUT2D eigenvalue weighted by Gasteiger charge is -2.16. The number of rotatable bonds is 5. The van der Waals surface area contributed by atoms with E-state index in [1.165, 1.54) is 0 Å². The number of nitrogens with two attached hydrogens (primary N) is 1. The number of nitrogens with zero attached hydrogens (tertiary/aromatic N) is 3. The Balaban J connectivity index is 2.83. The molecule has 0 bridgehead atoms. The Morgan fingerprint density at radius 2 is 1.76 bits per heavy atom. The van der Waals surface area contributed by atoms with Gasteiger partial charge in [-0.3, -0.25) is 9.99 Å². The topological polar surface area (TPSA) is 85.8 Å². The molecule has 0 aliphatic rings. The van der Waals surface area contributed by atoms with Crippen LogP contribution in [0.3, 0.4) is 0 Å². The molecule has 0 aliphatic heterocycles. The molecule has 0 radical (unpaired) electrons. The first-order valence-electron chi connectivity index (χ1n) is 7.22. The van der Waals surface area contributed by atoms with Gasteiger partial charge < -0.3 is 0 Å². The van der Waals surface area contributed by atoms with Crippen molar-refractivity contribution in [3.05, 3.63) is 39.8 Å². The summed E-state index contributed by atoms with van der Waals surface area (Å²) in [4.78, 5) is 20.4. The highest BCUT2D eigenvalue weighted by atomic mass is 16.1. The van der Waals surface area contributed by atoms with Crippen LogP contribution in [0.2, 0.25) is 0 Å². The van der Waals surface area contributed by atoms with Crippen molar-refractivity contribution in [1.29, 1.82) is 0 Å². The Hall–Kier alpha value is -2.21. The summed E-state index contributed by atoms with van der Waals surface area (Å²) in [5.74, 6) is 6.15. The number of hydrogen-bond donors (Lipinski definition) is 2. The van der Waals surface area contributed by atoms with Crippen molar-refractivity contribution in [3.8, 4) is 11.4 Å². The summed E-state index contributed by atoms with van der Waals surface area (Å²) in [5, 5.41) is 0. The van der Waals surface area contributed by atoms with Crippen molar-refractivity contribution >= 4 is 5.95 Å². The number of nitrogen functional groups attached to an aromatic ring is 1. The van der Waals surface area contributed by atoms with E-state index in [0.717, 1.165) is 29.5 Å². The van der Waals surface area contributed by atoms with E-state index in [1.54, 1.807) is 4.57 Å². The fourth-order valence-electron chi connectivity index (χ4n) is 2.50. The first-order valence-corrected chi connectivity index (χ1v) is 7.22. The Kier molecular flexibility index (Phi) is 4.70. The summed E-state index contributed by atoms with van der Waals surface area (Å²) < 4.78 is 1.58. The molecule has 2 rings (SSSR count). The monoisotopic (exact) mass is 287 g/mol. The minimum absolute atomic E-state index is 0.146. The normalized spacial score (nSPS) is 10.7. The van der Waals surface area contributed by atoms with Crippen molar-refractivity contribution in [2.24, 2.45) is 5.84 Å². The van der Waals surface area contributed by atoms with E-state index in [0.29, 0.717) is 12.4 Å². The Morgan fingerprint density at radius 3 is 2.24 bits per heavy atom. The number of nitrogens with one attached hydrogen (secondary N) is 1. The van der Waals surface area contributed by atoms with Gasteiger partial charge in [-0.2, -0.15) is 9.97 Å². The van der Waals surface area contributed by atoms with E-state index in [4.69, 9.17) is 5.84 Å². The molecule has 2 aromatic rings. The van der Waals surface area contributed by atoms with Crippen molar-refractivity contribution in [2.75, 3.05) is 5.43 Å². The van der Waals surface area contributed by atoms with Gasteiger partial charge >= 0.3 is 5.69 Å². The van der Waals surface area contributed by atoms with Crippen molar-refractivity contribution < 1.29 is 0 Å². The fourth-order valence-corrected chi connectivity index (χ4v) is 2.50. The molecule has 0 amide bonds. The van der Waals surface area contributed by atoms with E-state index in [9.17, 15) is 4.79 Å². The molecule has 21 heavy (non-hydrogen) atoms. The van der Waals surface area contributed by atoms with Crippen LogP contribution in [0, 0.1) is 0 Å². The molecule has 0 fully saturated rings. The summed E-state index contributed by atoms with van der Waals surface area (Å²) in [6, 6.07) is 6.17. The Morgan fingerprint density at radius 1 is 1.14 bits per heavy atom. The minimum atomic E-state index is -0.344. The van der Waals surface area contributed by atoms with Crippen LogP contribution < -0.4 is 17.0 Å². The SMILES string of the molecule is CCc1cccc(CC)c1-c1nc(NN)nc(=O)n1CC. The molecule has 0 saturated carbocycles. The van der Waals surface area contributed by atoms with E-state index in [2.05, 4.69) is 41.4 Å². The molecular formula is C15H21N5O. The van der Waals surface area contributed by atoms with Crippen LogP contribution in [0.1, 0.15) is 31.9 Å². The fraction of sp³-hybridized carbons (Fsp3) is 0.400. The number of hydrogen-bond acceptors (Lipinski definition) is 5. The predicted octanol–water partition coefficient (Wildman–Crippen LogP) is 1.74.